The topological polar surface area (TPSA) is 56.1 Å². The van der Waals surface area contributed by atoms with Crippen LogP contribution in [0.25, 0.3) is 11.0 Å². The molecule has 1 amide bonds. The summed E-state index contributed by atoms with van der Waals surface area (Å²) in [6.45, 7) is 4.69. The Hall–Kier alpha value is -2.04. The third kappa shape index (κ3) is 3.74. The number of imidazole rings is 1. The highest BCUT2D eigenvalue weighted by Gasteiger charge is 2.09. The van der Waals surface area contributed by atoms with Crippen molar-refractivity contribution >= 4 is 16.9 Å². The molecule has 0 fully saturated rings. The number of fused-ring (bicyclic) bond motifs is 1. The van der Waals surface area contributed by atoms with Crippen LogP contribution >= 0.6 is 0 Å². The summed E-state index contributed by atoms with van der Waals surface area (Å²) in [5.41, 5.74) is 1.99. The van der Waals surface area contributed by atoms with E-state index >= 15 is 0 Å². The van der Waals surface area contributed by atoms with Gasteiger partial charge in [-0.15, -0.1) is 0 Å². The van der Waals surface area contributed by atoms with Crippen molar-refractivity contribution in [3.63, 3.8) is 0 Å². The standard InChI is InChI=1S/C16H23N3O2/c1-11(2)9-16(20)17-8-7-15-18-13-10-12(21-4)5-6-14(13)19(15)3/h5-6,10-11H,7-9H2,1-4H3,(H,17,20). The fraction of sp³-hybridized carbons (Fsp3) is 0.500. The number of rotatable bonds is 6. The number of methoxy groups -OCH3 is 1. The molecule has 0 bridgehead atoms. The van der Waals surface area contributed by atoms with Gasteiger partial charge in [0.05, 0.1) is 18.1 Å². The maximum absolute atomic E-state index is 11.6. The smallest absolute Gasteiger partial charge is 0.220 e. The highest BCUT2D eigenvalue weighted by molar-refractivity contribution is 5.78. The molecular weight excluding hydrogens is 266 g/mol. The van der Waals surface area contributed by atoms with Gasteiger partial charge in [0.2, 0.25) is 5.91 Å². The summed E-state index contributed by atoms with van der Waals surface area (Å²) in [6, 6.07) is 5.86. The Morgan fingerprint density at radius 2 is 2.19 bits per heavy atom. The molecule has 21 heavy (non-hydrogen) atoms. The van der Waals surface area contributed by atoms with E-state index in [1.54, 1.807) is 7.11 Å². The van der Waals surface area contributed by atoms with E-state index in [0.717, 1.165) is 29.0 Å². The number of nitrogens with one attached hydrogen (secondary N) is 1. The molecular formula is C16H23N3O2. The molecule has 1 N–H and O–H groups in total. The molecule has 1 aromatic carbocycles. The van der Waals surface area contributed by atoms with E-state index in [1.807, 2.05) is 39.1 Å². The lowest BCUT2D eigenvalue weighted by molar-refractivity contribution is -0.121. The Morgan fingerprint density at radius 1 is 1.43 bits per heavy atom. The number of ether oxygens (including phenoxy) is 1. The van der Waals surface area contributed by atoms with E-state index in [1.165, 1.54) is 0 Å². The minimum Gasteiger partial charge on any atom is -0.497 e. The van der Waals surface area contributed by atoms with Crippen LogP contribution in [0.1, 0.15) is 26.1 Å². The Labute approximate surface area is 125 Å². The van der Waals surface area contributed by atoms with Crippen LogP contribution < -0.4 is 10.1 Å². The van der Waals surface area contributed by atoms with Crippen LogP contribution in [0.3, 0.4) is 0 Å². The van der Waals surface area contributed by atoms with E-state index in [2.05, 4.69) is 14.9 Å². The molecule has 0 spiro atoms. The first-order valence-electron chi connectivity index (χ1n) is 7.27. The summed E-state index contributed by atoms with van der Waals surface area (Å²) in [7, 11) is 3.64. The van der Waals surface area contributed by atoms with Gasteiger partial charge in [0.25, 0.3) is 0 Å². The van der Waals surface area contributed by atoms with Crippen molar-refractivity contribution in [3.8, 4) is 5.75 Å². The number of carbonyl (C=O) groups is 1. The number of amides is 1. The van der Waals surface area contributed by atoms with Gasteiger partial charge >= 0.3 is 0 Å². The number of carbonyl (C=O) groups excluding carboxylic acids is 1. The van der Waals surface area contributed by atoms with E-state index in [0.29, 0.717) is 18.9 Å². The fourth-order valence-corrected chi connectivity index (χ4v) is 2.34. The first kappa shape index (κ1) is 15.4. The molecule has 0 radical (unpaired) electrons. The van der Waals surface area contributed by atoms with E-state index in [4.69, 9.17) is 4.74 Å². The number of hydrogen-bond donors (Lipinski definition) is 1. The molecule has 1 heterocycles. The van der Waals surface area contributed by atoms with Crippen molar-refractivity contribution in [2.45, 2.75) is 26.7 Å². The summed E-state index contributed by atoms with van der Waals surface area (Å²) >= 11 is 0. The number of aryl methyl sites for hydroxylation is 1. The molecule has 0 aliphatic rings. The second-order valence-electron chi connectivity index (χ2n) is 5.64. The quantitative estimate of drug-likeness (QED) is 0.887. The zero-order valence-corrected chi connectivity index (χ0v) is 13.1. The number of aromatic nitrogens is 2. The van der Waals surface area contributed by atoms with E-state index in [9.17, 15) is 4.79 Å². The minimum atomic E-state index is 0.102. The summed E-state index contributed by atoms with van der Waals surface area (Å²) < 4.78 is 7.27. The molecule has 2 aromatic rings. The van der Waals surface area contributed by atoms with Crippen molar-refractivity contribution in [2.75, 3.05) is 13.7 Å². The van der Waals surface area contributed by atoms with Gasteiger partial charge < -0.3 is 14.6 Å². The first-order valence-corrected chi connectivity index (χ1v) is 7.27. The van der Waals surface area contributed by atoms with Crippen molar-refractivity contribution in [1.82, 2.24) is 14.9 Å². The summed E-state index contributed by atoms with van der Waals surface area (Å²) in [4.78, 5) is 16.2. The summed E-state index contributed by atoms with van der Waals surface area (Å²) in [5, 5.41) is 2.94. The SMILES string of the molecule is COc1ccc2c(c1)nc(CCNC(=O)CC(C)C)n2C. The molecule has 114 valence electrons. The van der Waals surface area contributed by atoms with Crippen LogP contribution in [0.2, 0.25) is 0 Å². The highest BCUT2D eigenvalue weighted by atomic mass is 16.5. The van der Waals surface area contributed by atoms with Crippen LogP contribution in [-0.4, -0.2) is 29.1 Å². The van der Waals surface area contributed by atoms with E-state index in [-0.39, 0.29) is 5.91 Å². The maximum Gasteiger partial charge on any atom is 0.220 e. The van der Waals surface area contributed by atoms with Crippen LogP contribution in [0.15, 0.2) is 18.2 Å². The van der Waals surface area contributed by atoms with Crippen LogP contribution in [0, 0.1) is 5.92 Å². The molecule has 0 unspecified atom stereocenters. The summed E-state index contributed by atoms with van der Waals surface area (Å²) in [6.07, 6.45) is 1.29. The van der Waals surface area contributed by atoms with Crippen LogP contribution in [0.4, 0.5) is 0 Å². The Bertz CT molecular complexity index is 632. The van der Waals surface area contributed by atoms with Crippen molar-refractivity contribution in [1.29, 1.82) is 0 Å². The maximum atomic E-state index is 11.6. The molecule has 2 rings (SSSR count). The zero-order chi connectivity index (χ0) is 15.4. The number of benzene rings is 1. The van der Waals surface area contributed by atoms with Crippen molar-refractivity contribution in [2.24, 2.45) is 13.0 Å². The fourth-order valence-electron chi connectivity index (χ4n) is 2.34. The Kier molecular flexibility index (Phi) is 4.83. The van der Waals surface area contributed by atoms with Gasteiger partial charge in [0, 0.05) is 32.5 Å². The lowest BCUT2D eigenvalue weighted by Gasteiger charge is -2.07. The molecule has 5 nitrogen and oxygen atoms in total. The minimum absolute atomic E-state index is 0.102. The molecule has 0 saturated heterocycles. The van der Waals surface area contributed by atoms with Gasteiger partial charge in [-0.25, -0.2) is 4.98 Å². The third-order valence-corrected chi connectivity index (χ3v) is 3.45. The zero-order valence-electron chi connectivity index (χ0n) is 13.1. The number of nitrogens with zero attached hydrogens (tertiary/aromatic N) is 2. The molecule has 5 heteroatoms. The predicted molar refractivity (Wildman–Crippen MR) is 83.4 cm³/mol. The number of hydrogen-bond acceptors (Lipinski definition) is 3. The highest BCUT2D eigenvalue weighted by Crippen LogP contribution is 2.20. The molecule has 1 aromatic heterocycles. The second-order valence-corrected chi connectivity index (χ2v) is 5.64. The lowest BCUT2D eigenvalue weighted by atomic mass is 10.1. The molecule has 0 saturated carbocycles. The lowest BCUT2D eigenvalue weighted by Crippen LogP contribution is -2.27. The largest absolute Gasteiger partial charge is 0.497 e. The Morgan fingerprint density at radius 3 is 2.86 bits per heavy atom. The molecule has 0 aliphatic heterocycles. The van der Waals surface area contributed by atoms with Gasteiger partial charge in [-0.05, 0) is 18.1 Å². The predicted octanol–water partition coefficient (Wildman–Crippen LogP) is 2.29. The average Bonchev–Trinajstić information content (AvgIpc) is 2.74. The van der Waals surface area contributed by atoms with Gasteiger partial charge in [-0.3, -0.25) is 4.79 Å². The molecule has 0 atom stereocenters. The molecule has 0 aliphatic carbocycles. The van der Waals surface area contributed by atoms with Crippen LogP contribution in [0.5, 0.6) is 5.75 Å². The first-order chi connectivity index (χ1) is 10.0. The van der Waals surface area contributed by atoms with E-state index < -0.39 is 0 Å². The summed E-state index contributed by atoms with van der Waals surface area (Å²) in [5.74, 6) is 2.25. The van der Waals surface area contributed by atoms with Crippen molar-refractivity contribution < 1.29 is 9.53 Å². The average molecular weight is 289 g/mol. The third-order valence-electron chi connectivity index (χ3n) is 3.45. The second kappa shape index (κ2) is 6.61. The van der Waals surface area contributed by atoms with Gasteiger partial charge in [-0.1, -0.05) is 13.8 Å². The van der Waals surface area contributed by atoms with Crippen molar-refractivity contribution in [3.05, 3.63) is 24.0 Å². The monoisotopic (exact) mass is 289 g/mol. The van der Waals surface area contributed by atoms with Gasteiger partial charge in [0.15, 0.2) is 0 Å². The normalized spacial score (nSPS) is 11.1. The van der Waals surface area contributed by atoms with Gasteiger partial charge in [0.1, 0.15) is 11.6 Å². The van der Waals surface area contributed by atoms with Gasteiger partial charge in [-0.2, -0.15) is 0 Å². The Balaban J connectivity index is 2.02. The van der Waals surface area contributed by atoms with Crippen LogP contribution in [-0.2, 0) is 18.3 Å².